The average Bonchev–Trinajstić information content (AvgIpc) is 3.23. The standard InChI is InChI=1S/2C10H18N2O/c1-8(2)12-6-9-4-3-5-11(9)7-10(12)13;1-8(2)12-7-6-11-5-3-4-9(11)10(12)13/h2*8-9H,3-7H2,1-2H3. The van der Waals surface area contributed by atoms with E-state index < -0.39 is 0 Å². The summed E-state index contributed by atoms with van der Waals surface area (Å²) in [5, 5.41) is 0. The molecule has 26 heavy (non-hydrogen) atoms. The van der Waals surface area contributed by atoms with Gasteiger partial charge in [-0.15, -0.1) is 0 Å². The van der Waals surface area contributed by atoms with Gasteiger partial charge >= 0.3 is 0 Å². The molecule has 6 heteroatoms. The van der Waals surface area contributed by atoms with Crippen molar-refractivity contribution in [1.29, 1.82) is 0 Å². The van der Waals surface area contributed by atoms with Crippen LogP contribution in [0, 0.1) is 0 Å². The van der Waals surface area contributed by atoms with Crippen molar-refractivity contribution < 1.29 is 9.59 Å². The van der Waals surface area contributed by atoms with Gasteiger partial charge in [0, 0.05) is 37.8 Å². The number of amides is 2. The monoisotopic (exact) mass is 364 g/mol. The molecule has 0 radical (unpaired) electrons. The Kier molecular flexibility index (Phi) is 6.23. The molecule has 6 nitrogen and oxygen atoms in total. The van der Waals surface area contributed by atoms with Gasteiger partial charge in [0.05, 0.1) is 12.6 Å². The number of nitrogens with zero attached hydrogens (tertiary/aromatic N) is 4. The van der Waals surface area contributed by atoms with E-state index in [1.54, 1.807) is 0 Å². The second kappa shape index (κ2) is 8.26. The second-order valence-electron chi connectivity index (χ2n) is 8.73. The topological polar surface area (TPSA) is 47.1 Å². The summed E-state index contributed by atoms with van der Waals surface area (Å²) in [6.07, 6.45) is 4.81. The number of carbonyl (C=O) groups excluding carboxylic acids is 2. The summed E-state index contributed by atoms with van der Waals surface area (Å²) in [6, 6.07) is 1.61. The highest BCUT2D eigenvalue weighted by molar-refractivity contribution is 5.83. The Balaban J connectivity index is 0.000000151. The highest BCUT2D eigenvalue weighted by Gasteiger charge is 2.38. The minimum Gasteiger partial charge on any atom is -0.338 e. The molecule has 0 saturated carbocycles. The van der Waals surface area contributed by atoms with E-state index in [0.717, 1.165) is 39.1 Å². The molecule has 4 heterocycles. The molecule has 4 aliphatic heterocycles. The lowest BCUT2D eigenvalue weighted by atomic mass is 10.1. The predicted molar refractivity (Wildman–Crippen MR) is 103 cm³/mol. The Morgan fingerprint density at radius 1 is 0.808 bits per heavy atom. The van der Waals surface area contributed by atoms with Gasteiger partial charge in [0.1, 0.15) is 0 Å². The van der Waals surface area contributed by atoms with Gasteiger partial charge in [0.2, 0.25) is 11.8 Å². The maximum Gasteiger partial charge on any atom is 0.240 e. The summed E-state index contributed by atoms with van der Waals surface area (Å²) >= 11 is 0. The molecule has 0 N–H and O–H groups in total. The fourth-order valence-corrected chi connectivity index (χ4v) is 4.83. The highest BCUT2D eigenvalue weighted by atomic mass is 16.2. The molecule has 0 bridgehead atoms. The van der Waals surface area contributed by atoms with Gasteiger partial charge in [-0.25, -0.2) is 0 Å². The fourth-order valence-electron chi connectivity index (χ4n) is 4.83. The predicted octanol–water partition coefficient (Wildman–Crippen LogP) is 1.40. The van der Waals surface area contributed by atoms with Crippen LogP contribution in [0.1, 0.15) is 53.4 Å². The van der Waals surface area contributed by atoms with Crippen molar-refractivity contribution in [3.05, 3.63) is 0 Å². The molecule has 2 unspecified atom stereocenters. The Morgan fingerprint density at radius 2 is 1.46 bits per heavy atom. The van der Waals surface area contributed by atoms with E-state index >= 15 is 0 Å². The Hall–Kier alpha value is -1.14. The molecule has 4 fully saturated rings. The fraction of sp³-hybridized carbons (Fsp3) is 0.900. The van der Waals surface area contributed by atoms with Crippen LogP contribution in [0.4, 0.5) is 0 Å². The molecule has 0 spiro atoms. The van der Waals surface area contributed by atoms with Crippen molar-refractivity contribution in [2.75, 3.05) is 39.3 Å². The third-order valence-electron chi connectivity index (χ3n) is 6.37. The first-order valence-corrected chi connectivity index (χ1v) is 10.5. The molecule has 2 atom stereocenters. The maximum absolute atomic E-state index is 11.9. The Labute approximate surface area is 158 Å². The lowest BCUT2D eigenvalue weighted by Gasteiger charge is -2.39. The molecule has 4 rings (SSSR count). The first kappa shape index (κ1) is 19.6. The van der Waals surface area contributed by atoms with E-state index in [0.29, 0.717) is 36.5 Å². The van der Waals surface area contributed by atoms with Crippen LogP contribution in [-0.4, -0.2) is 94.8 Å². The zero-order valence-electron chi connectivity index (χ0n) is 17.0. The minimum absolute atomic E-state index is 0.219. The van der Waals surface area contributed by atoms with Crippen molar-refractivity contribution in [2.24, 2.45) is 0 Å². The molecule has 4 saturated heterocycles. The van der Waals surface area contributed by atoms with Crippen LogP contribution in [0.15, 0.2) is 0 Å². The van der Waals surface area contributed by atoms with Crippen LogP contribution in [0.5, 0.6) is 0 Å². The largest absolute Gasteiger partial charge is 0.338 e. The van der Waals surface area contributed by atoms with Crippen LogP contribution in [-0.2, 0) is 9.59 Å². The summed E-state index contributed by atoms with van der Waals surface area (Å²) < 4.78 is 0. The second-order valence-corrected chi connectivity index (χ2v) is 8.73. The van der Waals surface area contributed by atoms with E-state index in [-0.39, 0.29) is 6.04 Å². The summed E-state index contributed by atoms with van der Waals surface area (Å²) in [5.41, 5.74) is 0. The van der Waals surface area contributed by atoms with E-state index in [1.165, 1.54) is 19.3 Å². The molecule has 0 aromatic carbocycles. The van der Waals surface area contributed by atoms with Crippen molar-refractivity contribution in [3.8, 4) is 0 Å². The molecule has 0 aliphatic carbocycles. The van der Waals surface area contributed by atoms with Crippen molar-refractivity contribution in [1.82, 2.24) is 19.6 Å². The van der Waals surface area contributed by atoms with Crippen LogP contribution >= 0.6 is 0 Å². The van der Waals surface area contributed by atoms with Gasteiger partial charge in [-0.3, -0.25) is 19.4 Å². The summed E-state index contributed by atoms with van der Waals surface area (Å²) in [6.45, 7) is 14.3. The van der Waals surface area contributed by atoms with E-state index in [4.69, 9.17) is 0 Å². The molecule has 0 aromatic rings. The highest BCUT2D eigenvalue weighted by Crippen LogP contribution is 2.24. The average molecular weight is 365 g/mol. The summed E-state index contributed by atoms with van der Waals surface area (Å²) in [4.78, 5) is 32.3. The summed E-state index contributed by atoms with van der Waals surface area (Å²) in [7, 11) is 0. The molecule has 4 aliphatic rings. The number of piperazine rings is 2. The van der Waals surface area contributed by atoms with Gasteiger partial charge in [-0.05, 0) is 66.5 Å². The maximum atomic E-state index is 11.9. The molecular formula is C20H36N4O2. The van der Waals surface area contributed by atoms with E-state index in [1.807, 2.05) is 9.80 Å². The summed E-state index contributed by atoms with van der Waals surface area (Å²) in [5.74, 6) is 0.673. The Bertz CT molecular complexity index is 512. The lowest BCUT2D eigenvalue weighted by Crippen LogP contribution is -2.56. The molecular weight excluding hydrogens is 328 g/mol. The number of rotatable bonds is 2. The van der Waals surface area contributed by atoms with E-state index in [9.17, 15) is 9.59 Å². The first-order chi connectivity index (χ1) is 12.4. The van der Waals surface area contributed by atoms with Crippen molar-refractivity contribution in [3.63, 3.8) is 0 Å². The van der Waals surface area contributed by atoms with Crippen molar-refractivity contribution >= 4 is 11.8 Å². The third kappa shape index (κ3) is 4.06. The van der Waals surface area contributed by atoms with Gasteiger partial charge < -0.3 is 9.80 Å². The SMILES string of the molecule is CC(C)N1CC2CCCN2CC1=O.CC(C)N1CCN2CCCC2C1=O. The molecule has 0 aromatic heterocycles. The van der Waals surface area contributed by atoms with Crippen molar-refractivity contribution in [2.45, 2.75) is 77.5 Å². The van der Waals surface area contributed by atoms with Crippen LogP contribution in [0.25, 0.3) is 0 Å². The van der Waals surface area contributed by atoms with Crippen LogP contribution in [0.2, 0.25) is 0 Å². The minimum atomic E-state index is 0.219. The molecule has 2 amide bonds. The number of carbonyl (C=O) groups is 2. The van der Waals surface area contributed by atoms with Gasteiger partial charge in [-0.2, -0.15) is 0 Å². The first-order valence-electron chi connectivity index (χ1n) is 10.5. The number of hydrogen-bond acceptors (Lipinski definition) is 4. The molecule has 148 valence electrons. The number of fused-ring (bicyclic) bond motifs is 2. The van der Waals surface area contributed by atoms with Gasteiger partial charge in [0.15, 0.2) is 0 Å². The quantitative estimate of drug-likeness (QED) is 0.743. The zero-order chi connectivity index (χ0) is 18.8. The van der Waals surface area contributed by atoms with Crippen LogP contribution in [0.3, 0.4) is 0 Å². The van der Waals surface area contributed by atoms with Gasteiger partial charge in [-0.1, -0.05) is 0 Å². The smallest absolute Gasteiger partial charge is 0.240 e. The normalized spacial score (nSPS) is 29.9. The third-order valence-corrected chi connectivity index (χ3v) is 6.37. The van der Waals surface area contributed by atoms with Gasteiger partial charge in [0.25, 0.3) is 0 Å². The van der Waals surface area contributed by atoms with Crippen LogP contribution < -0.4 is 0 Å². The zero-order valence-corrected chi connectivity index (χ0v) is 17.0. The van der Waals surface area contributed by atoms with E-state index in [2.05, 4.69) is 37.5 Å². The lowest BCUT2D eigenvalue weighted by molar-refractivity contribution is -0.142. The Morgan fingerprint density at radius 3 is 2.15 bits per heavy atom. The number of hydrogen-bond donors (Lipinski definition) is 0.